The van der Waals surface area contributed by atoms with Crippen LogP contribution in [0.5, 0.6) is 11.5 Å². The Hall–Kier alpha value is -4.77. The van der Waals surface area contributed by atoms with E-state index in [0.717, 1.165) is 6.07 Å². The van der Waals surface area contributed by atoms with Gasteiger partial charge in [-0.15, -0.1) is 0 Å². The van der Waals surface area contributed by atoms with Gasteiger partial charge in [0.25, 0.3) is 11.8 Å². The Morgan fingerprint density at radius 1 is 0.930 bits per heavy atom. The molecule has 1 aliphatic heterocycles. The third-order valence-corrected chi connectivity index (χ3v) is 7.54. The van der Waals surface area contributed by atoms with Crippen LogP contribution in [0.3, 0.4) is 0 Å². The van der Waals surface area contributed by atoms with E-state index in [1.165, 1.54) is 18.2 Å². The lowest BCUT2D eigenvalue weighted by Crippen LogP contribution is -2.33. The molecular formula is C31H22ClF4N3O4. The summed E-state index contributed by atoms with van der Waals surface area (Å²) in [5.74, 6) is -1.52. The summed E-state index contributed by atoms with van der Waals surface area (Å²) in [5.41, 5.74) is 3.21. The largest absolute Gasteiger partial charge is 0.508 e. The topological polar surface area (TPSA) is 92.6 Å². The second kappa shape index (κ2) is 10.8. The molecule has 1 aliphatic rings. The predicted molar refractivity (Wildman–Crippen MR) is 154 cm³/mol. The number of ether oxygens (including phenoxy) is 1. The zero-order chi connectivity index (χ0) is 30.5. The lowest BCUT2D eigenvalue weighted by molar-refractivity contribution is -0.253. The molecule has 2 amide bonds. The fraction of sp³-hybridized carbons (Fsp3) is 0.161. The van der Waals surface area contributed by atoms with Crippen molar-refractivity contribution >= 4 is 50.9 Å². The number of rotatable bonds is 9. The SMILES string of the molecule is O=C1NC(=O)c2c1c(-c1ccccc1Cl)cc1c2c2cc(O)ccc2n1CCCNc1cccc(OC(F)(F)C(F)F)c1. The smallest absolute Gasteiger partial charge is 0.461 e. The molecule has 1 aromatic heterocycles. The van der Waals surface area contributed by atoms with E-state index in [4.69, 9.17) is 11.6 Å². The molecule has 6 rings (SSSR count). The second-order valence-electron chi connectivity index (χ2n) is 9.96. The van der Waals surface area contributed by atoms with Crippen molar-refractivity contribution in [3.8, 4) is 22.6 Å². The highest BCUT2D eigenvalue weighted by atomic mass is 35.5. The molecule has 0 fully saturated rings. The van der Waals surface area contributed by atoms with Crippen molar-refractivity contribution in [1.29, 1.82) is 0 Å². The van der Waals surface area contributed by atoms with Crippen LogP contribution in [0, 0.1) is 0 Å². The number of alkyl halides is 4. The first-order chi connectivity index (χ1) is 20.5. The summed E-state index contributed by atoms with van der Waals surface area (Å²) in [4.78, 5) is 26.1. The highest BCUT2D eigenvalue weighted by molar-refractivity contribution is 6.36. The number of carbonyl (C=O) groups is 2. The van der Waals surface area contributed by atoms with Crippen LogP contribution in [0.25, 0.3) is 32.9 Å². The number of aryl methyl sites for hydroxylation is 1. The fourth-order valence-electron chi connectivity index (χ4n) is 5.41. The summed E-state index contributed by atoms with van der Waals surface area (Å²) < 4.78 is 57.9. The first-order valence-electron chi connectivity index (χ1n) is 13.2. The van der Waals surface area contributed by atoms with Crippen molar-refractivity contribution in [2.75, 3.05) is 11.9 Å². The average Bonchev–Trinajstić information content (AvgIpc) is 3.43. The van der Waals surface area contributed by atoms with E-state index in [1.54, 1.807) is 42.5 Å². The summed E-state index contributed by atoms with van der Waals surface area (Å²) in [6.07, 6.45) is -8.09. The minimum absolute atomic E-state index is 0.0126. The number of fused-ring (bicyclic) bond motifs is 5. The predicted octanol–water partition coefficient (Wildman–Crippen LogP) is 7.44. The van der Waals surface area contributed by atoms with Gasteiger partial charge in [0.2, 0.25) is 0 Å². The minimum Gasteiger partial charge on any atom is -0.508 e. The Labute approximate surface area is 246 Å². The maximum atomic E-state index is 13.3. The molecule has 220 valence electrons. The van der Waals surface area contributed by atoms with Gasteiger partial charge in [-0.2, -0.15) is 17.6 Å². The molecule has 0 bridgehead atoms. The number of halogens is 5. The van der Waals surface area contributed by atoms with Crippen LogP contribution in [0.2, 0.25) is 5.02 Å². The van der Waals surface area contributed by atoms with Crippen molar-refractivity contribution in [1.82, 2.24) is 9.88 Å². The van der Waals surface area contributed by atoms with Gasteiger partial charge >= 0.3 is 12.5 Å². The van der Waals surface area contributed by atoms with Gasteiger partial charge in [-0.25, -0.2) is 0 Å². The third-order valence-electron chi connectivity index (χ3n) is 7.21. The summed E-state index contributed by atoms with van der Waals surface area (Å²) in [6.45, 7) is 0.767. The molecule has 0 atom stereocenters. The van der Waals surface area contributed by atoms with E-state index in [1.807, 2.05) is 10.6 Å². The number of imide groups is 1. The number of hydrogen-bond acceptors (Lipinski definition) is 5. The molecule has 0 saturated carbocycles. The van der Waals surface area contributed by atoms with Crippen molar-refractivity contribution in [3.63, 3.8) is 0 Å². The quantitative estimate of drug-likeness (QED) is 0.0915. The zero-order valence-corrected chi connectivity index (χ0v) is 22.9. The van der Waals surface area contributed by atoms with E-state index in [2.05, 4.69) is 15.4 Å². The number of anilines is 1. The van der Waals surface area contributed by atoms with E-state index in [0.29, 0.717) is 63.2 Å². The first kappa shape index (κ1) is 28.4. The van der Waals surface area contributed by atoms with Gasteiger partial charge in [0.15, 0.2) is 0 Å². The number of hydrogen-bond donors (Lipinski definition) is 3. The normalized spacial score (nSPS) is 13.2. The van der Waals surface area contributed by atoms with Crippen LogP contribution >= 0.6 is 11.6 Å². The number of carbonyl (C=O) groups excluding carboxylic acids is 2. The van der Waals surface area contributed by atoms with Crippen LogP contribution in [0.15, 0.2) is 72.8 Å². The Morgan fingerprint density at radius 2 is 1.70 bits per heavy atom. The summed E-state index contributed by atoms with van der Waals surface area (Å²) in [7, 11) is 0. The van der Waals surface area contributed by atoms with Gasteiger partial charge in [-0.3, -0.25) is 14.9 Å². The van der Waals surface area contributed by atoms with Crippen molar-refractivity contribution in [2.45, 2.75) is 25.5 Å². The summed E-state index contributed by atoms with van der Waals surface area (Å²) >= 11 is 6.51. The molecule has 0 radical (unpaired) electrons. The number of aromatic nitrogens is 1. The van der Waals surface area contributed by atoms with Gasteiger partial charge < -0.3 is 19.7 Å². The van der Waals surface area contributed by atoms with Gasteiger partial charge in [-0.05, 0) is 54.4 Å². The minimum atomic E-state index is -4.62. The maximum absolute atomic E-state index is 13.3. The Morgan fingerprint density at radius 3 is 2.47 bits per heavy atom. The lowest BCUT2D eigenvalue weighted by Gasteiger charge is -2.17. The highest BCUT2D eigenvalue weighted by Crippen LogP contribution is 2.42. The van der Waals surface area contributed by atoms with Gasteiger partial charge in [0, 0.05) is 51.7 Å². The standard InChI is InChI=1S/C31H22ClF4N3O4/c32-22-8-2-1-7-19(22)20-15-24-25(27-26(20)28(41)38-29(27)42)21-14-17(40)9-10-23(21)39(24)12-4-11-37-16-5-3-6-18(13-16)43-31(35,36)30(33)34/h1-3,5-10,13-15,30,37,40H,4,11-12H2,(H,38,41,42). The number of benzene rings is 4. The van der Waals surface area contributed by atoms with E-state index in [-0.39, 0.29) is 16.9 Å². The molecule has 2 heterocycles. The van der Waals surface area contributed by atoms with Crippen LogP contribution in [0.1, 0.15) is 27.1 Å². The van der Waals surface area contributed by atoms with Crippen molar-refractivity contribution < 1.29 is 37.0 Å². The summed E-state index contributed by atoms with van der Waals surface area (Å²) in [6, 6.07) is 18.9. The fourth-order valence-corrected chi connectivity index (χ4v) is 5.65. The molecule has 0 spiro atoms. The van der Waals surface area contributed by atoms with Crippen LogP contribution in [-0.4, -0.2) is 40.6 Å². The molecule has 0 saturated heterocycles. The number of phenolic OH excluding ortho intramolecular Hbond substituents is 1. The van der Waals surface area contributed by atoms with E-state index >= 15 is 0 Å². The lowest BCUT2D eigenvalue weighted by atomic mass is 9.93. The number of amides is 2. The maximum Gasteiger partial charge on any atom is 0.461 e. The van der Waals surface area contributed by atoms with Crippen LogP contribution < -0.4 is 15.4 Å². The van der Waals surface area contributed by atoms with Crippen molar-refractivity contribution in [3.05, 3.63) is 88.9 Å². The van der Waals surface area contributed by atoms with Gasteiger partial charge in [0.05, 0.1) is 16.6 Å². The first-order valence-corrected chi connectivity index (χ1v) is 13.5. The van der Waals surface area contributed by atoms with Crippen molar-refractivity contribution in [2.24, 2.45) is 0 Å². The Kier molecular flexibility index (Phi) is 7.13. The Bertz CT molecular complexity index is 1930. The number of aromatic hydroxyl groups is 1. The molecule has 0 unspecified atom stereocenters. The summed E-state index contributed by atoms with van der Waals surface area (Å²) in [5, 5.41) is 17.3. The zero-order valence-electron chi connectivity index (χ0n) is 22.1. The molecule has 0 aliphatic carbocycles. The average molecular weight is 612 g/mol. The number of nitrogens with one attached hydrogen (secondary N) is 2. The van der Waals surface area contributed by atoms with Crippen LogP contribution in [-0.2, 0) is 6.54 Å². The molecule has 7 nitrogen and oxygen atoms in total. The third kappa shape index (κ3) is 5.10. The molecular weight excluding hydrogens is 590 g/mol. The highest BCUT2D eigenvalue weighted by Gasteiger charge is 2.44. The van der Waals surface area contributed by atoms with E-state index in [9.17, 15) is 32.3 Å². The molecule has 4 aromatic carbocycles. The molecule has 12 heteroatoms. The number of nitrogens with zero attached hydrogens (tertiary/aromatic N) is 1. The molecule has 5 aromatic rings. The van der Waals surface area contributed by atoms with Gasteiger partial charge in [-0.1, -0.05) is 35.9 Å². The van der Waals surface area contributed by atoms with Gasteiger partial charge in [0.1, 0.15) is 11.5 Å². The molecule has 43 heavy (non-hydrogen) atoms. The molecule has 3 N–H and O–H groups in total. The van der Waals surface area contributed by atoms with Crippen LogP contribution in [0.4, 0.5) is 23.2 Å². The Balaban J connectivity index is 1.36. The number of phenols is 1. The second-order valence-corrected chi connectivity index (χ2v) is 10.4. The monoisotopic (exact) mass is 611 g/mol. The van der Waals surface area contributed by atoms with E-state index < -0.39 is 30.1 Å².